The van der Waals surface area contributed by atoms with E-state index in [4.69, 9.17) is 4.84 Å². The smallest absolute Gasteiger partial charge is 0.261 e. The fourth-order valence-corrected chi connectivity index (χ4v) is 3.63. The maximum Gasteiger partial charge on any atom is 0.261 e. The van der Waals surface area contributed by atoms with Crippen molar-refractivity contribution in [2.45, 2.75) is 25.6 Å². The van der Waals surface area contributed by atoms with Crippen LogP contribution in [0.5, 0.6) is 0 Å². The van der Waals surface area contributed by atoms with Gasteiger partial charge in [-0.15, -0.1) is 0 Å². The average Bonchev–Trinajstić information content (AvgIpc) is 2.88. The molecule has 4 aromatic carbocycles. The van der Waals surface area contributed by atoms with E-state index >= 15 is 0 Å². The van der Waals surface area contributed by atoms with Gasteiger partial charge in [-0.3, -0.25) is 9.63 Å². The lowest BCUT2D eigenvalue weighted by molar-refractivity contribution is -0.136. The Morgan fingerprint density at radius 1 is 0.636 bits per heavy atom. The monoisotopic (exact) mass is 436 g/mol. The molecule has 0 bridgehead atoms. The molecule has 1 amide bonds. The Bertz CT molecular complexity index is 1110. The summed E-state index contributed by atoms with van der Waals surface area (Å²) in [6.45, 7) is 0.907. The molecule has 0 saturated heterocycles. The zero-order valence-corrected chi connectivity index (χ0v) is 18.5. The number of carbonyl (C=O) groups is 1. The number of amides is 1. The second kappa shape index (κ2) is 11.8. The summed E-state index contributed by atoms with van der Waals surface area (Å²) in [7, 11) is 0. The van der Waals surface area contributed by atoms with Crippen molar-refractivity contribution in [2.75, 3.05) is 0 Å². The molecule has 33 heavy (non-hydrogen) atoms. The summed E-state index contributed by atoms with van der Waals surface area (Å²) in [5.74, 6) is -0.185. The van der Waals surface area contributed by atoms with Gasteiger partial charge < -0.3 is 5.32 Å². The van der Waals surface area contributed by atoms with Crippen molar-refractivity contribution >= 4 is 5.91 Å². The Balaban J connectivity index is 1.37. The van der Waals surface area contributed by atoms with Gasteiger partial charge in [-0.05, 0) is 34.2 Å². The Kier molecular flexibility index (Phi) is 8.01. The number of hydrogen-bond acceptors (Lipinski definition) is 3. The van der Waals surface area contributed by atoms with Crippen LogP contribution in [-0.4, -0.2) is 11.9 Å². The number of benzene rings is 4. The van der Waals surface area contributed by atoms with Crippen LogP contribution in [0.1, 0.15) is 16.7 Å². The van der Waals surface area contributed by atoms with Gasteiger partial charge in [0.05, 0.1) is 12.6 Å². The SMILES string of the molecule is O=C(NOCc1ccccc1)C(Cc1ccccc1)NCc1ccc(-c2ccccc2)cc1. The summed E-state index contributed by atoms with van der Waals surface area (Å²) in [5.41, 5.74) is 8.19. The van der Waals surface area contributed by atoms with Crippen molar-refractivity contribution < 1.29 is 9.63 Å². The van der Waals surface area contributed by atoms with Gasteiger partial charge in [0.2, 0.25) is 0 Å². The Morgan fingerprint density at radius 3 is 1.82 bits per heavy atom. The molecule has 0 aliphatic heterocycles. The van der Waals surface area contributed by atoms with Crippen molar-refractivity contribution in [1.29, 1.82) is 0 Å². The second-order valence-electron chi connectivity index (χ2n) is 7.93. The molecule has 0 aliphatic rings. The molecule has 4 nitrogen and oxygen atoms in total. The molecular formula is C29H28N2O2. The predicted molar refractivity (Wildman–Crippen MR) is 132 cm³/mol. The summed E-state index contributed by atoms with van der Waals surface area (Å²) >= 11 is 0. The maximum absolute atomic E-state index is 12.9. The summed E-state index contributed by atoms with van der Waals surface area (Å²) in [6, 6.07) is 38.1. The van der Waals surface area contributed by atoms with Crippen LogP contribution >= 0.6 is 0 Å². The molecule has 0 radical (unpaired) electrons. The third-order valence-corrected chi connectivity index (χ3v) is 5.47. The summed E-state index contributed by atoms with van der Waals surface area (Å²) in [4.78, 5) is 18.4. The molecule has 4 rings (SSSR count). The van der Waals surface area contributed by atoms with E-state index in [1.165, 1.54) is 11.1 Å². The zero-order chi connectivity index (χ0) is 22.7. The van der Waals surface area contributed by atoms with Gasteiger partial charge >= 0.3 is 0 Å². The minimum atomic E-state index is -0.419. The fraction of sp³-hybridized carbons (Fsp3) is 0.138. The van der Waals surface area contributed by atoms with Gasteiger partial charge in [0.1, 0.15) is 0 Å². The van der Waals surface area contributed by atoms with Crippen LogP contribution in [0.15, 0.2) is 115 Å². The number of nitrogens with one attached hydrogen (secondary N) is 2. The van der Waals surface area contributed by atoms with E-state index in [2.05, 4.69) is 47.2 Å². The zero-order valence-electron chi connectivity index (χ0n) is 18.5. The largest absolute Gasteiger partial charge is 0.301 e. The molecule has 0 fully saturated rings. The van der Waals surface area contributed by atoms with E-state index in [1.54, 1.807) is 0 Å². The Morgan fingerprint density at radius 2 is 1.18 bits per heavy atom. The molecule has 166 valence electrons. The van der Waals surface area contributed by atoms with Crippen molar-refractivity contribution in [3.8, 4) is 11.1 Å². The average molecular weight is 437 g/mol. The molecule has 1 unspecified atom stereocenters. The lowest BCUT2D eigenvalue weighted by atomic mass is 10.0. The van der Waals surface area contributed by atoms with Gasteiger partial charge in [-0.25, -0.2) is 5.48 Å². The van der Waals surface area contributed by atoms with Crippen molar-refractivity contribution in [2.24, 2.45) is 0 Å². The highest BCUT2D eigenvalue weighted by Gasteiger charge is 2.19. The van der Waals surface area contributed by atoms with Crippen LogP contribution in [0.25, 0.3) is 11.1 Å². The minimum Gasteiger partial charge on any atom is -0.301 e. The Labute approximate surface area is 195 Å². The number of carbonyl (C=O) groups excluding carboxylic acids is 1. The fourth-order valence-electron chi connectivity index (χ4n) is 3.63. The van der Waals surface area contributed by atoms with Gasteiger partial charge in [0, 0.05) is 6.54 Å². The highest BCUT2D eigenvalue weighted by Crippen LogP contribution is 2.19. The first-order valence-electron chi connectivity index (χ1n) is 11.2. The van der Waals surface area contributed by atoms with Gasteiger partial charge in [-0.1, -0.05) is 115 Å². The molecule has 0 aromatic heterocycles. The van der Waals surface area contributed by atoms with E-state index in [-0.39, 0.29) is 5.91 Å². The van der Waals surface area contributed by atoms with Gasteiger partial charge in [0.15, 0.2) is 0 Å². The van der Waals surface area contributed by atoms with E-state index in [1.807, 2.05) is 78.9 Å². The van der Waals surface area contributed by atoms with Crippen LogP contribution < -0.4 is 10.8 Å². The van der Waals surface area contributed by atoms with Crippen LogP contribution in [0, 0.1) is 0 Å². The normalized spacial score (nSPS) is 11.6. The molecular weight excluding hydrogens is 408 g/mol. The number of hydroxylamine groups is 1. The number of hydrogen-bond donors (Lipinski definition) is 2. The molecule has 4 aromatic rings. The van der Waals surface area contributed by atoms with Crippen LogP contribution in [0.4, 0.5) is 0 Å². The Hall–Kier alpha value is -3.73. The topological polar surface area (TPSA) is 50.4 Å². The molecule has 0 saturated carbocycles. The van der Waals surface area contributed by atoms with Crippen LogP contribution in [0.2, 0.25) is 0 Å². The van der Waals surface area contributed by atoms with Crippen molar-refractivity contribution in [3.05, 3.63) is 132 Å². The third-order valence-electron chi connectivity index (χ3n) is 5.47. The highest BCUT2D eigenvalue weighted by atomic mass is 16.6. The standard InChI is InChI=1S/C29H28N2O2/c32-29(31-33-22-25-12-6-2-7-13-25)28(20-23-10-4-1-5-11-23)30-21-24-16-18-27(19-17-24)26-14-8-3-9-15-26/h1-19,28,30H,20-22H2,(H,31,32). The quantitative estimate of drug-likeness (QED) is 0.332. The summed E-state index contributed by atoms with van der Waals surface area (Å²) in [5, 5.41) is 3.40. The first-order chi connectivity index (χ1) is 16.3. The summed E-state index contributed by atoms with van der Waals surface area (Å²) < 4.78 is 0. The lowest BCUT2D eigenvalue weighted by Gasteiger charge is -2.19. The third kappa shape index (κ3) is 6.88. The van der Waals surface area contributed by atoms with E-state index in [0.29, 0.717) is 19.6 Å². The van der Waals surface area contributed by atoms with Crippen molar-refractivity contribution in [1.82, 2.24) is 10.8 Å². The van der Waals surface area contributed by atoms with E-state index in [0.717, 1.165) is 16.7 Å². The first kappa shape index (κ1) is 22.5. The molecule has 2 N–H and O–H groups in total. The van der Waals surface area contributed by atoms with Crippen LogP contribution in [-0.2, 0) is 29.2 Å². The highest BCUT2D eigenvalue weighted by molar-refractivity contribution is 5.81. The van der Waals surface area contributed by atoms with E-state index < -0.39 is 6.04 Å². The summed E-state index contributed by atoms with van der Waals surface area (Å²) in [6.07, 6.45) is 0.573. The van der Waals surface area contributed by atoms with Gasteiger partial charge in [-0.2, -0.15) is 0 Å². The van der Waals surface area contributed by atoms with Gasteiger partial charge in [0.25, 0.3) is 5.91 Å². The molecule has 0 aliphatic carbocycles. The van der Waals surface area contributed by atoms with Crippen molar-refractivity contribution in [3.63, 3.8) is 0 Å². The first-order valence-corrected chi connectivity index (χ1v) is 11.2. The predicted octanol–water partition coefficient (Wildman–Crippen LogP) is 5.30. The van der Waals surface area contributed by atoms with E-state index in [9.17, 15) is 4.79 Å². The molecule has 4 heteroatoms. The second-order valence-corrected chi connectivity index (χ2v) is 7.93. The van der Waals surface area contributed by atoms with Crippen LogP contribution in [0.3, 0.4) is 0 Å². The number of rotatable bonds is 10. The maximum atomic E-state index is 12.9. The lowest BCUT2D eigenvalue weighted by Crippen LogP contribution is -2.45. The molecule has 1 atom stereocenters. The minimum absolute atomic E-state index is 0.185. The molecule has 0 heterocycles. The molecule has 0 spiro atoms.